The van der Waals surface area contributed by atoms with E-state index in [1.807, 2.05) is 44.4 Å². The van der Waals surface area contributed by atoms with Gasteiger partial charge in [-0.1, -0.05) is 25.0 Å². The standard InChI is InChI=1S/C36H38N4O5S/c1-20-15-22(19-37)16-21(2)30(20)39-33(41)26-17-27-29(45-13-9-23-10-14-46-32(23)27)18-25(26)24-7-8-28(38-31(24)35(43)44-4)34(42)40-36(3)11-5-6-12-36/h7-8,10,14-18H,5-6,9,11-13,19,37H2,1-4H3,(H,39,41)(H,40,42). The Labute approximate surface area is 272 Å². The van der Waals surface area contributed by atoms with Crippen molar-refractivity contribution >= 4 is 34.8 Å². The van der Waals surface area contributed by atoms with Crippen LogP contribution in [-0.4, -0.2) is 42.0 Å². The van der Waals surface area contributed by atoms with Crippen molar-refractivity contribution in [3.05, 3.63) is 87.0 Å². The van der Waals surface area contributed by atoms with Gasteiger partial charge in [0.05, 0.1) is 13.7 Å². The monoisotopic (exact) mass is 638 g/mol. The summed E-state index contributed by atoms with van der Waals surface area (Å²) in [5.74, 6) is -0.845. The Balaban J connectivity index is 1.49. The second-order valence-electron chi connectivity index (χ2n) is 12.3. The molecule has 1 aliphatic carbocycles. The third-order valence-electron chi connectivity index (χ3n) is 8.97. The van der Waals surface area contributed by atoms with Gasteiger partial charge in [-0.2, -0.15) is 0 Å². The number of nitrogens with zero attached hydrogens (tertiary/aromatic N) is 1. The molecule has 6 rings (SSSR count). The molecule has 2 aromatic heterocycles. The minimum absolute atomic E-state index is 0.0641. The van der Waals surface area contributed by atoms with Crippen LogP contribution in [0.15, 0.2) is 47.8 Å². The van der Waals surface area contributed by atoms with E-state index < -0.39 is 5.97 Å². The number of aromatic nitrogens is 1. The van der Waals surface area contributed by atoms with Crippen molar-refractivity contribution in [1.82, 2.24) is 10.3 Å². The molecule has 2 aliphatic rings. The van der Waals surface area contributed by atoms with E-state index in [2.05, 4.69) is 21.7 Å². The molecule has 0 saturated heterocycles. The Morgan fingerprint density at radius 2 is 1.74 bits per heavy atom. The SMILES string of the molecule is COC(=O)c1nc(C(=O)NC2(C)CCCC2)ccc1-c1cc2c(cc1C(=O)Nc1c(C)cc(CN)cc1C)-c1sccc1CCO2. The number of esters is 1. The van der Waals surface area contributed by atoms with Crippen LogP contribution in [0.5, 0.6) is 5.75 Å². The Hall–Kier alpha value is -4.54. The number of aryl methyl sites for hydroxylation is 2. The summed E-state index contributed by atoms with van der Waals surface area (Å²) in [5.41, 5.74) is 12.1. The smallest absolute Gasteiger partial charge is 0.357 e. The van der Waals surface area contributed by atoms with Gasteiger partial charge in [-0.05, 0) is 91.6 Å². The summed E-state index contributed by atoms with van der Waals surface area (Å²) in [6.45, 7) is 6.75. The normalized spacial score (nSPS) is 14.8. The van der Waals surface area contributed by atoms with E-state index in [0.717, 1.165) is 64.8 Å². The summed E-state index contributed by atoms with van der Waals surface area (Å²) in [7, 11) is 1.27. The zero-order valence-electron chi connectivity index (χ0n) is 26.5. The maximum absolute atomic E-state index is 14.3. The Bertz CT molecular complexity index is 1830. The molecule has 1 fully saturated rings. The van der Waals surface area contributed by atoms with Gasteiger partial charge in [0.2, 0.25) is 0 Å². The summed E-state index contributed by atoms with van der Waals surface area (Å²) < 4.78 is 11.3. The molecule has 0 radical (unpaired) electrons. The highest BCUT2D eigenvalue weighted by atomic mass is 32.1. The summed E-state index contributed by atoms with van der Waals surface area (Å²) in [5, 5.41) is 8.25. The molecule has 0 unspecified atom stereocenters. The zero-order valence-corrected chi connectivity index (χ0v) is 27.4. The molecule has 0 bridgehead atoms. The second-order valence-corrected chi connectivity index (χ2v) is 13.3. The molecule has 4 aromatic rings. The molecule has 1 saturated carbocycles. The quantitative estimate of drug-likeness (QED) is 0.195. The number of amides is 2. The number of carbonyl (C=O) groups excluding carboxylic acids is 3. The molecule has 0 spiro atoms. The Morgan fingerprint density at radius 1 is 1.00 bits per heavy atom. The average molecular weight is 639 g/mol. The predicted molar refractivity (Wildman–Crippen MR) is 180 cm³/mol. The van der Waals surface area contributed by atoms with Gasteiger partial charge < -0.3 is 25.8 Å². The van der Waals surface area contributed by atoms with Gasteiger partial charge in [0, 0.05) is 51.3 Å². The minimum atomic E-state index is -0.719. The maximum Gasteiger partial charge on any atom is 0.357 e. The Morgan fingerprint density at radius 3 is 2.43 bits per heavy atom. The van der Waals surface area contributed by atoms with Crippen molar-refractivity contribution in [3.63, 3.8) is 0 Å². The van der Waals surface area contributed by atoms with E-state index in [9.17, 15) is 14.4 Å². The highest BCUT2D eigenvalue weighted by molar-refractivity contribution is 7.13. The second kappa shape index (κ2) is 12.7. The van der Waals surface area contributed by atoms with Crippen molar-refractivity contribution in [1.29, 1.82) is 0 Å². The van der Waals surface area contributed by atoms with Crippen LogP contribution in [0, 0.1) is 13.8 Å². The fourth-order valence-electron chi connectivity index (χ4n) is 6.55. The zero-order chi connectivity index (χ0) is 32.6. The van der Waals surface area contributed by atoms with Crippen LogP contribution < -0.4 is 21.1 Å². The number of ether oxygens (including phenoxy) is 2. The number of nitrogens with one attached hydrogen (secondary N) is 2. The molecule has 10 heteroatoms. The van der Waals surface area contributed by atoms with Crippen LogP contribution >= 0.6 is 11.3 Å². The lowest BCUT2D eigenvalue weighted by molar-refractivity contribution is 0.0594. The molecular formula is C36H38N4O5S. The third kappa shape index (κ3) is 6.02. The summed E-state index contributed by atoms with van der Waals surface area (Å²) >= 11 is 1.59. The van der Waals surface area contributed by atoms with Gasteiger partial charge in [-0.25, -0.2) is 9.78 Å². The first-order chi connectivity index (χ1) is 22.1. The van der Waals surface area contributed by atoms with Crippen LogP contribution in [0.3, 0.4) is 0 Å². The number of thiophene rings is 1. The van der Waals surface area contributed by atoms with E-state index in [1.165, 1.54) is 7.11 Å². The van der Waals surface area contributed by atoms with E-state index in [-0.39, 0.29) is 28.7 Å². The maximum atomic E-state index is 14.3. The highest BCUT2D eigenvalue weighted by Crippen LogP contribution is 2.43. The average Bonchev–Trinajstić information content (AvgIpc) is 3.66. The van der Waals surface area contributed by atoms with E-state index in [4.69, 9.17) is 15.2 Å². The number of hydrogen-bond acceptors (Lipinski definition) is 8. The lowest BCUT2D eigenvalue weighted by Gasteiger charge is -2.25. The minimum Gasteiger partial charge on any atom is -0.493 e. The van der Waals surface area contributed by atoms with Crippen molar-refractivity contribution in [2.45, 2.75) is 65.0 Å². The molecule has 238 valence electrons. The number of benzene rings is 2. The number of carbonyl (C=O) groups is 3. The van der Waals surface area contributed by atoms with Crippen LogP contribution in [0.4, 0.5) is 5.69 Å². The summed E-state index contributed by atoms with van der Waals surface area (Å²) in [6.07, 6.45) is 4.59. The van der Waals surface area contributed by atoms with Crippen molar-refractivity contribution in [3.8, 4) is 27.3 Å². The van der Waals surface area contributed by atoms with Crippen LogP contribution in [0.1, 0.15) is 86.2 Å². The van der Waals surface area contributed by atoms with Gasteiger partial charge in [0.1, 0.15) is 11.4 Å². The summed E-state index contributed by atoms with van der Waals surface area (Å²) in [4.78, 5) is 46.4. The third-order valence-corrected chi connectivity index (χ3v) is 9.96. The molecule has 4 N–H and O–H groups in total. The predicted octanol–water partition coefficient (Wildman–Crippen LogP) is 6.59. The topological polar surface area (TPSA) is 133 Å². The highest BCUT2D eigenvalue weighted by Gasteiger charge is 2.32. The largest absolute Gasteiger partial charge is 0.493 e. The number of fused-ring (bicyclic) bond motifs is 3. The number of nitrogens with two attached hydrogens (primary N) is 1. The molecule has 9 nitrogen and oxygen atoms in total. The van der Waals surface area contributed by atoms with E-state index in [1.54, 1.807) is 29.5 Å². The van der Waals surface area contributed by atoms with E-state index >= 15 is 0 Å². The number of rotatable bonds is 7. The van der Waals surface area contributed by atoms with Crippen molar-refractivity contribution in [2.75, 3.05) is 19.0 Å². The number of hydrogen-bond donors (Lipinski definition) is 3. The Kier molecular flexibility index (Phi) is 8.67. The molecule has 3 heterocycles. The lowest BCUT2D eigenvalue weighted by atomic mass is 9.93. The van der Waals surface area contributed by atoms with Gasteiger partial charge >= 0.3 is 5.97 Å². The molecular weight excluding hydrogens is 600 g/mol. The fourth-order valence-corrected chi connectivity index (χ4v) is 7.53. The van der Waals surface area contributed by atoms with Crippen molar-refractivity contribution in [2.24, 2.45) is 5.73 Å². The van der Waals surface area contributed by atoms with Crippen molar-refractivity contribution < 1.29 is 23.9 Å². The fraction of sp³-hybridized carbons (Fsp3) is 0.333. The first-order valence-corrected chi connectivity index (χ1v) is 16.4. The molecule has 2 amide bonds. The van der Waals surface area contributed by atoms with Gasteiger partial charge in [-0.15, -0.1) is 11.3 Å². The molecule has 1 aliphatic heterocycles. The molecule has 0 atom stereocenters. The van der Waals surface area contributed by atoms with Gasteiger partial charge in [-0.3, -0.25) is 9.59 Å². The first-order valence-electron chi connectivity index (χ1n) is 15.5. The van der Waals surface area contributed by atoms with Crippen LogP contribution in [0.2, 0.25) is 0 Å². The number of pyridine rings is 1. The van der Waals surface area contributed by atoms with Crippen LogP contribution in [-0.2, 0) is 17.7 Å². The number of methoxy groups -OCH3 is 1. The first kappa shape index (κ1) is 31.4. The van der Waals surface area contributed by atoms with Gasteiger partial charge in [0.15, 0.2) is 5.69 Å². The number of anilines is 1. The lowest BCUT2D eigenvalue weighted by Crippen LogP contribution is -2.44. The van der Waals surface area contributed by atoms with Crippen LogP contribution in [0.25, 0.3) is 21.6 Å². The van der Waals surface area contributed by atoms with Gasteiger partial charge in [0.25, 0.3) is 11.8 Å². The van der Waals surface area contributed by atoms with E-state index in [0.29, 0.717) is 41.3 Å². The molecule has 2 aromatic carbocycles. The summed E-state index contributed by atoms with van der Waals surface area (Å²) in [6, 6.07) is 12.8. The molecule has 46 heavy (non-hydrogen) atoms.